The molecule has 2 rings (SSSR count). The molecule has 226 valence electrons. The van der Waals surface area contributed by atoms with E-state index in [9.17, 15) is 33.9 Å². The van der Waals surface area contributed by atoms with E-state index in [-0.39, 0.29) is 0 Å². The molecular formula is C24H34O16. The van der Waals surface area contributed by atoms with Crippen LogP contribution in [0.25, 0.3) is 0 Å². The third-order valence-corrected chi connectivity index (χ3v) is 5.59. The number of rotatable bonds is 9. The van der Waals surface area contributed by atoms with E-state index in [1.807, 2.05) is 0 Å². The van der Waals surface area contributed by atoms with E-state index in [1.54, 1.807) is 0 Å². The Morgan fingerprint density at radius 3 is 1.48 bits per heavy atom. The van der Waals surface area contributed by atoms with Crippen molar-refractivity contribution in [1.29, 1.82) is 0 Å². The van der Waals surface area contributed by atoms with Crippen molar-refractivity contribution in [3.63, 3.8) is 0 Å². The Kier molecular flexibility index (Phi) is 11.8. The molecule has 2 aliphatic rings. The number of carbonyl (C=O) groups is 6. The molecular weight excluding hydrogens is 544 g/mol. The van der Waals surface area contributed by atoms with E-state index >= 15 is 0 Å². The van der Waals surface area contributed by atoms with Crippen LogP contribution < -0.4 is 0 Å². The molecule has 2 fully saturated rings. The molecule has 0 bridgehead atoms. The highest BCUT2D eigenvalue weighted by Gasteiger charge is 2.56. The lowest BCUT2D eigenvalue weighted by molar-refractivity contribution is -0.360. The number of carbonyl (C=O) groups excluding carboxylic acids is 6. The summed E-state index contributed by atoms with van der Waals surface area (Å²) >= 11 is 0. The Labute approximate surface area is 229 Å². The van der Waals surface area contributed by atoms with Crippen LogP contribution >= 0.6 is 0 Å². The molecule has 1 N–H and O–H groups in total. The summed E-state index contributed by atoms with van der Waals surface area (Å²) in [5, 5.41) is 10.8. The van der Waals surface area contributed by atoms with Crippen LogP contribution in [0, 0.1) is 0 Å². The summed E-state index contributed by atoms with van der Waals surface area (Å²) in [4.78, 5) is 70.9. The maximum atomic E-state index is 12.0. The molecule has 16 heteroatoms. The minimum Gasteiger partial charge on any atom is -0.463 e. The van der Waals surface area contributed by atoms with E-state index in [0.29, 0.717) is 0 Å². The molecule has 0 saturated carbocycles. The molecule has 0 amide bonds. The monoisotopic (exact) mass is 578 g/mol. The van der Waals surface area contributed by atoms with Crippen LogP contribution in [-0.2, 0) is 71.4 Å². The first-order valence-electron chi connectivity index (χ1n) is 12.2. The van der Waals surface area contributed by atoms with Crippen LogP contribution in [-0.4, -0.2) is 109 Å². The number of aliphatic hydroxyl groups is 1. The van der Waals surface area contributed by atoms with Crippen LogP contribution in [0.4, 0.5) is 0 Å². The SMILES string of the molecule is CC(=O)OC[C@@H]1O[C@H](O)[C@@H](O[C@H]2O[C@H](C)[C@@H](OC(C)=O)[C@@H](OC(C)=O)[C@@H]2OC(C)=O)[C@@H](OC(C)=O)[C@H]1OC(C)=O. The first kappa shape index (κ1) is 32.9. The van der Waals surface area contributed by atoms with Gasteiger partial charge in [-0.05, 0) is 6.92 Å². The van der Waals surface area contributed by atoms with E-state index in [2.05, 4.69) is 0 Å². The summed E-state index contributed by atoms with van der Waals surface area (Å²) in [7, 11) is 0. The second-order valence-corrected chi connectivity index (χ2v) is 9.05. The van der Waals surface area contributed by atoms with Gasteiger partial charge in [0.25, 0.3) is 0 Å². The van der Waals surface area contributed by atoms with Crippen LogP contribution in [0.5, 0.6) is 0 Å². The molecule has 2 heterocycles. The minimum absolute atomic E-state index is 0.486. The van der Waals surface area contributed by atoms with E-state index in [4.69, 9.17) is 42.6 Å². The molecule has 0 aliphatic carbocycles. The third-order valence-electron chi connectivity index (χ3n) is 5.59. The van der Waals surface area contributed by atoms with Gasteiger partial charge in [0.15, 0.2) is 49.2 Å². The average Bonchev–Trinajstić information content (AvgIpc) is 2.80. The highest BCUT2D eigenvalue weighted by molar-refractivity contribution is 5.69. The molecule has 40 heavy (non-hydrogen) atoms. The molecule has 0 unspecified atom stereocenters. The molecule has 0 aromatic heterocycles. The molecule has 16 nitrogen and oxygen atoms in total. The van der Waals surface area contributed by atoms with Crippen molar-refractivity contribution in [3.8, 4) is 0 Å². The number of esters is 6. The van der Waals surface area contributed by atoms with Gasteiger partial charge in [-0.1, -0.05) is 0 Å². The van der Waals surface area contributed by atoms with Gasteiger partial charge < -0.3 is 47.7 Å². The average molecular weight is 579 g/mol. The summed E-state index contributed by atoms with van der Waals surface area (Å²) in [5.41, 5.74) is 0. The van der Waals surface area contributed by atoms with Gasteiger partial charge in [-0.15, -0.1) is 0 Å². The van der Waals surface area contributed by atoms with E-state index in [1.165, 1.54) is 6.92 Å². The number of hydrogen-bond donors (Lipinski definition) is 1. The molecule has 2 saturated heterocycles. The minimum atomic E-state index is -1.90. The van der Waals surface area contributed by atoms with Crippen molar-refractivity contribution >= 4 is 35.8 Å². The third kappa shape index (κ3) is 9.11. The van der Waals surface area contributed by atoms with Crippen LogP contribution in [0.15, 0.2) is 0 Å². The fourth-order valence-corrected chi connectivity index (χ4v) is 4.27. The van der Waals surface area contributed by atoms with Crippen LogP contribution in [0.1, 0.15) is 48.5 Å². The molecule has 10 atom stereocenters. The Hall–Kier alpha value is -3.34. The second kappa shape index (κ2) is 14.3. The zero-order valence-corrected chi connectivity index (χ0v) is 23.1. The smallest absolute Gasteiger partial charge is 0.303 e. The second-order valence-electron chi connectivity index (χ2n) is 9.05. The van der Waals surface area contributed by atoms with Gasteiger partial charge >= 0.3 is 35.8 Å². The van der Waals surface area contributed by atoms with Crippen molar-refractivity contribution in [2.45, 2.75) is 110 Å². The van der Waals surface area contributed by atoms with E-state index in [0.717, 1.165) is 41.5 Å². The fraction of sp³-hybridized carbons (Fsp3) is 0.750. The number of ether oxygens (including phenoxy) is 9. The Balaban J connectivity index is 2.49. The van der Waals surface area contributed by atoms with Gasteiger partial charge in [0, 0.05) is 41.5 Å². The standard InChI is InChI=1S/C24H34O16/c1-9-17(34-11(3)26)19(36-13(5)28)22(38-15(7)30)24(33-9)40-21-20(37-14(6)29)18(35-12(4)27)16(39-23(21)31)8-32-10(2)25/h9,16-24,31H,8H2,1-7H3/t9-,16+,17-,18+,19-,20+,21+,22+,23+,24-/m1/s1. The molecule has 0 radical (unpaired) electrons. The quantitative estimate of drug-likeness (QED) is 0.259. The van der Waals surface area contributed by atoms with Gasteiger partial charge in [-0.25, -0.2) is 0 Å². The maximum absolute atomic E-state index is 12.0. The lowest BCUT2D eigenvalue weighted by Crippen LogP contribution is -2.66. The van der Waals surface area contributed by atoms with Crippen LogP contribution in [0.3, 0.4) is 0 Å². The summed E-state index contributed by atoms with van der Waals surface area (Å²) < 4.78 is 48.6. The van der Waals surface area contributed by atoms with Crippen molar-refractivity contribution in [3.05, 3.63) is 0 Å². The van der Waals surface area contributed by atoms with Gasteiger partial charge in [0.05, 0.1) is 6.10 Å². The zero-order valence-electron chi connectivity index (χ0n) is 23.1. The summed E-state index contributed by atoms with van der Waals surface area (Å²) in [5.74, 6) is -4.80. The van der Waals surface area contributed by atoms with Crippen molar-refractivity contribution in [2.75, 3.05) is 6.61 Å². The molecule has 2 aliphatic heterocycles. The highest BCUT2D eigenvalue weighted by Crippen LogP contribution is 2.34. The Bertz CT molecular complexity index is 965. The summed E-state index contributed by atoms with van der Waals surface area (Å²) in [6.07, 6.45) is -14.7. The number of aliphatic hydroxyl groups excluding tert-OH is 1. The van der Waals surface area contributed by atoms with Crippen molar-refractivity contribution in [1.82, 2.24) is 0 Å². The summed E-state index contributed by atoms with van der Waals surface area (Å²) in [6.45, 7) is 7.45. The largest absolute Gasteiger partial charge is 0.463 e. The maximum Gasteiger partial charge on any atom is 0.303 e. The normalized spacial score (nSPS) is 33.6. The molecule has 0 aromatic rings. The van der Waals surface area contributed by atoms with Crippen LogP contribution in [0.2, 0.25) is 0 Å². The van der Waals surface area contributed by atoms with E-state index < -0.39 is 104 Å². The van der Waals surface area contributed by atoms with Crippen molar-refractivity contribution < 1.29 is 76.5 Å². The molecule has 0 aromatic carbocycles. The van der Waals surface area contributed by atoms with Gasteiger partial charge in [-0.3, -0.25) is 28.8 Å². The number of hydrogen-bond acceptors (Lipinski definition) is 16. The lowest BCUT2D eigenvalue weighted by Gasteiger charge is -2.47. The lowest BCUT2D eigenvalue weighted by atomic mass is 9.96. The predicted octanol–water partition coefficient (Wildman–Crippen LogP) is -0.945. The van der Waals surface area contributed by atoms with Gasteiger partial charge in [0.1, 0.15) is 12.7 Å². The van der Waals surface area contributed by atoms with Gasteiger partial charge in [-0.2, -0.15) is 0 Å². The first-order chi connectivity index (χ1) is 18.6. The summed E-state index contributed by atoms with van der Waals surface area (Å²) in [6, 6.07) is 0. The Morgan fingerprint density at radius 2 is 1.00 bits per heavy atom. The predicted molar refractivity (Wildman–Crippen MR) is 124 cm³/mol. The zero-order chi connectivity index (χ0) is 30.3. The van der Waals surface area contributed by atoms with Gasteiger partial charge in [0.2, 0.25) is 0 Å². The molecule has 0 spiro atoms. The first-order valence-corrected chi connectivity index (χ1v) is 12.2. The topological polar surface area (TPSA) is 206 Å². The Morgan fingerprint density at radius 1 is 0.575 bits per heavy atom. The van der Waals surface area contributed by atoms with Crippen molar-refractivity contribution in [2.24, 2.45) is 0 Å². The highest BCUT2D eigenvalue weighted by atomic mass is 16.8. The fourth-order valence-electron chi connectivity index (χ4n) is 4.27.